The maximum Gasteiger partial charge on any atom is 0.437 e. The predicted octanol–water partition coefficient (Wildman–Crippen LogP) is 2.11. The van der Waals surface area contributed by atoms with E-state index in [1.807, 2.05) is 29.2 Å². The number of hydrogen-bond acceptors (Lipinski definition) is 5. The van der Waals surface area contributed by atoms with Gasteiger partial charge in [0.25, 0.3) is 0 Å². The number of carbonyl (C=O) groups excluding carboxylic acids is 1. The third-order valence-electron chi connectivity index (χ3n) is 4.29. The van der Waals surface area contributed by atoms with Crippen LogP contribution < -0.4 is 21.3 Å². The van der Waals surface area contributed by atoms with Gasteiger partial charge in [-0.1, -0.05) is 23.7 Å². The number of aromatic nitrogens is 1. The van der Waals surface area contributed by atoms with Gasteiger partial charge in [0, 0.05) is 37.9 Å². The van der Waals surface area contributed by atoms with Gasteiger partial charge < -0.3 is 26.0 Å². The number of nitrogens with two attached hydrogens (primary N) is 2. The van der Waals surface area contributed by atoms with Crippen molar-refractivity contribution in [3.63, 3.8) is 0 Å². The van der Waals surface area contributed by atoms with Crippen molar-refractivity contribution >= 4 is 35.2 Å². The van der Waals surface area contributed by atoms with Crippen LogP contribution in [0.2, 0.25) is 5.02 Å². The normalized spacial score (nSPS) is 13.9. The molecular weight excluding hydrogens is 387 g/mol. The quantitative estimate of drug-likeness (QED) is 0.591. The van der Waals surface area contributed by atoms with Crippen LogP contribution >= 0.6 is 11.6 Å². The molecule has 0 bridgehead atoms. The van der Waals surface area contributed by atoms with E-state index in [1.54, 1.807) is 0 Å². The summed E-state index contributed by atoms with van der Waals surface area (Å²) in [5, 5.41) is 0.685. The lowest BCUT2D eigenvalue weighted by molar-refractivity contribution is 0.149. The summed E-state index contributed by atoms with van der Waals surface area (Å²) in [7, 11) is 0. The van der Waals surface area contributed by atoms with Gasteiger partial charge in [-0.05, 0) is 18.2 Å². The average Bonchev–Trinajstić information content (AvgIpc) is 2.67. The van der Waals surface area contributed by atoms with Gasteiger partial charge in [0.1, 0.15) is 6.61 Å². The minimum Gasteiger partial charge on any atom is -0.443 e. The van der Waals surface area contributed by atoms with Gasteiger partial charge in [-0.2, -0.15) is 0 Å². The molecule has 10 heteroatoms. The lowest BCUT2D eigenvalue weighted by Crippen LogP contribution is -2.47. The van der Waals surface area contributed by atoms with Crippen molar-refractivity contribution in [1.82, 2.24) is 4.98 Å². The zero-order valence-corrected chi connectivity index (χ0v) is 15.8. The van der Waals surface area contributed by atoms with Gasteiger partial charge in [-0.3, -0.25) is 0 Å². The number of hydrogen-bond donors (Lipinski definition) is 2. The molecule has 0 aliphatic carbocycles. The molecule has 1 aromatic heterocycles. The van der Waals surface area contributed by atoms with Crippen molar-refractivity contribution in [1.29, 1.82) is 0 Å². The predicted molar refractivity (Wildman–Crippen MR) is 106 cm³/mol. The molecule has 0 spiro atoms. The highest BCUT2D eigenvalue weighted by Gasteiger charge is 2.23. The number of piperazine rings is 1. The molecule has 0 unspecified atom stereocenters. The van der Waals surface area contributed by atoms with E-state index in [0.29, 0.717) is 31.2 Å². The Morgan fingerprint density at radius 2 is 1.86 bits per heavy atom. The molecule has 0 saturated carbocycles. The van der Waals surface area contributed by atoms with E-state index in [1.165, 1.54) is 12.3 Å². The van der Waals surface area contributed by atoms with Crippen molar-refractivity contribution in [2.75, 3.05) is 36.0 Å². The summed E-state index contributed by atoms with van der Waals surface area (Å²) < 4.78 is 19.7. The van der Waals surface area contributed by atoms with Crippen molar-refractivity contribution < 1.29 is 13.9 Å². The third-order valence-corrected chi connectivity index (χ3v) is 4.61. The first-order valence-electron chi connectivity index (χ1n) is 8.60. The molecule has 148 valence electrons. The number of aliphatic imine (C=N–C) groups is 1. The number of amides is 1. The van der Waals surface area contributed by atoms with Crippen molar-refractivity contribution in [3.8, 4) is 0 Å². The molecule has 28 heavy (non-hydrogen) atoms. The average molecular weight is 407 g/mol. The number of nitrogens with zero attached hydrogens (tertiary/aromatic N) is 4. The maximum absolute atomic E-state index is 14.8. The Labute approximate surface area is 166 Å². The summed E-state index contributed by atoms with van der Waals surface area (Å²) in [6, 6.07) is 9.07. The number of halogens is 2. The fourth-order valence-corrected chi connectivity index (χ4v) is 3.20. The molecule has 0 radical (unpaired) electrons. The first-order valence-corrected chi connectivity index (χ1v) is 8.97. The van der Waals surface area contributed by atoms with Crippen LogP contribution in [0, 0.1) is 5.82 Å². The monoisotopic (exact) mass is 406 g/mol. The van der Waals surface area contributed by atoms with Gasteiger partial charge in [0.05, 0.1) is 10.7 Å². The SMILES string of the molecule is NC(N)=NC(=O)OCc1ccnc(N2CCN(c3ccccc3Cl)CC2)c1F. The smallest absolute Gasteiger partial charge is 0.437 e. The van der Waals surface area contributed by atoms with Crippen LogP contribution in [0.4, 0.5) is 20.7 Å². The summed E-state index contributed by atoms with van der Waals surface area (Å²) in [6.45, 7) is 2.21. The molecule has 3 rings (SSSR count). The molecule has 8 nitrogen and oxygen atoms in total. The number of rotatable bonds is 4. The molecule has 1 aromatic carbocycles. The van der Waals surface area contributed by atoms with Gasteiger partial charge >= 0.3 is 6.09 Å². The summed E-state index contributed by atoms with van der Waals surface area (Å²) in [5.41, 5.74) is 11.3. The Hall–Kier alpha value is -3.07. The van der Waals surface area contributed by atoms with Crippen LogP contribution in [0.3, 0.4) is 0 Å². The summed E-state index contributed by atoms with van der Waals surface area (Å²) in [4.78, 5) is 22.8. The molecular formula is C18H20ClFN6O2. The first-order chi connectivity index (χ1) is 13.5. The van der Waals surface area contributed by atoms with Crippen LogP contribution in [-0.2, 0) is 11.3 Å². The molecule has 2 aromatic rings. The number of pyridine rings is 1. The number of ether oxygens (including phenoxy) is 1. The van der Waals surface area contributed by atoms with Gasteiger partial charge in [-0.25, -0.2) is 14.2 Å². The van der Waals surface area contributed by atoms with E-state index in [0.717, 1.165) is 5.69 Å². The zero-order valence-electron chi connectivity index (χ0n) is 15.0. The van der Waals surface area contributed by atoms with E-state index in [4.69, 9.17) is 27.8 Å². The number of carbonyl (C=O) groups is 1. The fourth-order valence-electron chi connectivity index (χ4n) is 2.95. The summed E-state index contributed by atoms with van der Waals surface area (Å²) in [5.74, 6) is -0.738. The number of para-hydroxylation sites is 1. The highest BCUT2D eigenvalue weighted by Crippen LogP contribution is 2.28. The lowest BCUT2D eigenvalue weighted by Gasteiger charge is -2.37. The number of guanidine groups is 1. The number of anilines is 2. The summed E-state index contributed by atoms with van der Waals surface area (Å²) in [6.07, 6.45) is 0.494. The third kappa shape index (κ3) is 4.61. The Balaban J connectivity index is 1.66. The molecule has 1 aliphatic rings. The minimum atomic E-state index is -0.980. The van der Waals surface area contributed by atoms with E-state index < -0.39 is 17.9 Å². The van der Waals surface area contributed by atoms with E-state index in [9.17, 15) is 9.18 Å². The van der Waals surface area contributed by atoms with Gasteiger partial charge in [-0.15, -0.1) is 4.99 Å². The van der Waals surface area contributed by atoms with Crippen LogP contribution in [0.15, 0.2) is 41.5 Å². The van der Waals surface area contributed by atoms with Crippen molar-refractivity contribution in [2.24, 2.45) is 16.5 Å². The van der Waals surface area contributed by atoms with Crippen molar-refractivity contribution in [2.45, 2.75) is 6.61 Å². The molecule has 1 amide bonds. The van der Waals surface area contributed by atoms with Gasteiger partial charge in [0.2, 0.25) is 0 Å². The fraction of sp³-hybridized carbons (Fsp3) is 0.278. The van der Waals surface area contributed by atoms with Crippen molar-refractivity contribution in [3.05, 3.63) is 52.9 Å². The largest absolute Gasteiger partial charge is 0.443 e. The second kappa shape index (κ2) is 8.75. The lowest BCUT2D eigenvalue weighted by atomic mass is 10.2. The topological polar surface area (TPSA) is 110 Å². The van der Waals surface area contributed by atoms with Gasteiger partial charge in [0.15, 0.2) is 17.6 Å². The standard InChI is InChI=1S/C18H20ClFN6O2/c19-13-3-1-2-4-14(13)25-7-9-26(10-8-25)16-15(20)12(5-6-23-16)11-28-18(27)24-17(21)22/h1-6H,7-11H2,(H4,21,22,24,27). The highest BCUT2D eigenvalue weighted by molar-refractivity contribution is 6.33. The second-order valence-corrected chi connectivity index (χ2v) is 6.53. The molecule has 4 N–H and O–H groups in total. The molecule has 1 saturated heterocycles. The van der Waals surface area contributed by atoms with E-state index in [-0.39, 0.29) is 18.0 Å². The molecule has 2 heterocycles. The first kappa shape index (κ1) is 19.7. The number of benzene rings is 1. The Morgan fingerprint density at radius 3 is 2.54 bits per heavy atom. The molecule has 1 aliphatic heterocycles. The van der Waals surface area contributed by atoms with E-state index in [2.05, 4.69) is 14.9 Å². The van der Waals surface area contributed by atoms with Crippen LogP contribution in [0.1, 0.15) is 5.56 Å². The Kier molecular flexibility index (Phi) is 6.15. The molecule has 1 fully saturated rings. The van der Waals surface area contributed by atoms with Crippen LogP contribution in [0.25, 0.3) is 0 Å². The maximum atomic E-state index is 14.8. The van der Waals surface area contributed by atoms with E-state index >= 15 is 0 Å². The minimum absolute atomic E-state index is 0.192. The Morgan fingerprint density at radius 1 is 1.18 bits per heavy atom. The molecule has 0 atom stereocenters. The Bertz CT molecular complexity index is 882. The highest BCUT2D eigenvalue weighted by atomic mass is 35.5. The zero-order chi connectivity index (χ0) is 20.1. The summed E-state index contributed by atoms with van der Waals surface area (Å²) >= 11 is 6.25. The second-order valence-electron chi connectivity index (χ2n) is 6.12. The van der Waals surface area contributed by atoms with Crippen LogP contribution in [-0.4, -0.2) is 43.2 Å². The van der Waals surface area contributed by atoms with Crippen LogP contribution in [0.5, 0.6) is 0 Å².